The Balaban J connectivity index is 1.86. The van der Waals surface area contributed by atoms with Crippen LogP contribution in [0.15, 0.2) is 24.3 Å². The molecule has 2 heterocycles. The molecule has 0 unspecified atom stereocenters. The molecule has 1 aliphatic rings. The molecule has 28 heavy (non-hydrogen) atoms. The van der Waals surface area contributed by atoms with Gasteiger partial charge in [-0.1, -0.05) is 19.9 Å². The number of halogens is 3. The Bertz CT molecular complexity index is 827. The molecule has 0 saturated carbocycles. The SMILES string of the molecule is CC(C)c1nc(NCCO)cc(N2CCc3ccc(OC(F)(F)F)cc3C2)n1. The van der Waals surface area contributed by atoms with Gasteiger partial charge < -0.3 is 20.1 Å². The number of anilines is 2. The molecule has 0 bridgehead atoms. The lowest BCUT2D eigenvalue weighted by Gasteiger charge is -2.30. The first-order valence-corrected chi connectivity index (χ1v) is 9.11. The highest BCUT2D eigenvalue weighted by molar-refractivity contribution is 5.52. The third kappa shape index (κ3) is 5.03. The van der Waals surface area contributed by atoms with Crippen molar-refractivity contribution in [2.24, 2.45) is 0 Å². The third-order valence-electron chi connectivity index (χ3n) is 4.41. The maximum Gasteiger partial charge on any atom is 0.573 e. The van der Waals surface area contributed by atoms with E-state index in [2.05, 4.69) is 20.0 Å². The standard InChI is InChI=1S/C19H23F3N4O2/c1-12(2)18-24-16(23-6-8-27)10-17(25-18)26-7-5-13-3-4-15(9-14(13)11-26)28-19(20,21)22/h3-4,9-10,12,27H,5-8,11H2,1-2H3,(H,23,24,25). The van der Waals surface area contributed by atoms with E-state index in [9.17, 15) is 13.2 Å². The summed E-state index contributed by atoms with van der Waals surface area (Å²) in [5.41, 5.74) is 1.78. The fourth-order valence-corrected chi connectivity index (χ4v) is 3.07. The van der Waals surface area contributed by atoms with Gasteiger partial charge in [-0.05, 0) is 29.7 Å². The van der Waals surface area contributed by atoms with E-state index in [1.807, 2.05) is 18.7 Å². The van der Waals surface area contributed by atoms with Crippen LogP contribution in [0.5, 0.6) is 5.75 Å². The first-order chi connectivity index (χ1) is 13.2. The summed E-state index contributed by atoms with van der Waals surface area (Å²) in [6.45, 7) is 5.45. The number of aromatic nitrogens is 2. The molecule has 152 valence electrons. The summed E-state index contributed by atoms with van der Waals surface area (Å²) < 4.78 is 41.6. The molecule has 0 saturated heterocycles. The van der Waals surface area contributed by atoms with Crippen molar-refractivity contribution in [3.8, 4) is 5.75 Å². The van der Waals surface area contributed by atoms with Crippen molar-refractivity contribution in [1.82, 2.24) is 9.97 Å². The predicted octanol–water partition coefficient (Wildman–Crippen LogP) is 3.47. The second kappa shape index (κ2) is 8.22. The lowest BCUT2D eigenvalue weighted by atomic mass is 9.99. The van der Waals surface area contributed by atoms with Crippen LogP contribution in [-0.4, -0.2) is 41.1 Å². The van der Waals surface area contributed by atoms with Gasteiger partial charge in [0.05, 0.1) is 6.61 Å². The van der Waals surface area contributed by atoms with Crippen LogP contribution in [0.25, 0.3) is 0 Å². The molecule has 6 nitrogen and oxygen atoms in total. The van der Waals surface area contributed by atoms with E-state index in [0.29, 0.717) is 43.5 Å². The number of benzene rings is 1. The highest BCUT2D eigenvalue weighted by Crippen LogP contribution is 2.30. The molecule has 3 rings (SSSR count). The number of fused-ring (bicyclic) bond motifs is 1. The largest absolute Gasteiger partial charge is 0.573 e. The number of aliphatic hydroxyl groups is 1. The molecule has 0 radical (unpaired) electrons. The fraction of sp³-hybridized carbons (Fsp3) is 0.474. The Kier molecular flexibility index (Phi) is 5.93. The van der Waals surface area contributed by atoms with Crippen LogP contribution in [0.4, 0.5) is 24.8 Å². The minimum absolute atomic E-state index is 0.0184. The van der Waals surface area contributed by atoms with Gasteiger partial charge in [-0.25, -0.2) is 9.97 Å². The number of ether oxygens (including phenoxy) is 1. The maximum atomic E-state index is 12.5. The Labute approximate surface area is 161 Å². The molecule has 9 heteroatoms. The topological polar surface area (TPSA) is 70.5 Å². The maximum absolute atomic E-state index is 12.5. The zero-order chi connectivity index (χ0) is 20.3. The molecule has 1 aromatic carbocycles. The number of hydrogen-bond donors (Lipinski definition) is 2. The van der Waals surface area contributed by atoms with Crippen molar-refractivity contribution >= 4 is 11.6 Å². The van der Waals surface area contributed by atoms with E-state index in [0.717, 1.165) is 11.1 Å². The summed E-state index contributed by atoms with van der Waals surface area (Å²) in [4.78, 5) is 11.1. The quantitative estimate of drug-likeness (QED) is 0.779. The average Bonchev–Trinajstić information content (AvgIpc) is 2.64. The molecule has 0 aliphatic carbocycles. The highest BCUT2D eigenvalue weighted by Gasteiger charge is 2.31. The first kappa shape index (κ1) is 20.2. The van der Waals surface area contributed by atoms with Crippen molar-refractivity contribution in [2.45, 2.75) is 39.1 Å². The van der Waals surface area contributed by atoms with E-state index in [1.165, 1.54) is 12.1 Å². The van der Waals surface area contributed by atoms with E-state index < -0.39 is 6.36 Å². The zero-order valence-electron chi connectivity index (χ0n) is 15.8. The lowest BCUT2D eigenvalue weighted by molar-refractivity contribution is -0.274. The van der Waals surface area contributed by atoms with Gasteiger partial charge >= 0.3 is 6.36 Å². The number of nitrogens with zero attached hydrogens (tertiary/aromatic N) is 3. The molecule has 0 amide bonds. The van der Waals surface area contributed by atoms with Crippen LogP contribution in [0.3, 0.4) is 0 Å². The van der Waals surface area contributed by atoms with E-state index >= 15 is 0 Å². The van der Waals surface area contributed by atoms with Gasteiger partial charge in [-0.3, -0.25) is 0 Å². The summed E-state index contributed by atoms with van der Waals surface area (Å²) in [6.07, 6.45) is -4.02. The van der Waals surface area contributed by atoms with Gasteiger partial charge in [-0.15, -0.1) is 13.2 Å². The van der Waals surface area contributed by atoms with Crippen LogP contribution in [-0.2, 0) is 13.0 Å². The normalized spacial score (nSPS) is 14.2. The number of alkyl halides is 3. The lowest BCUT2D eigenvalue weighted by Crippen LogP contribution is -2.31. The van der Waals surface area contributed by atoms with Gasteiger partial charge in [0.2, 0.25) is 0 Å². The molecule has 0 atom stereocenters. The number of nitrogens with one attached hydrogen (secondary N) is 1. The summed E-state index contributed by atoms with van der Waals surface area (Å²) >= 11 is 0. The van der Waals surface area contributed by atoms with E-state index in [1.54, 1.807) is 12.1 Å². The molecular weight excluding hydrogens is 373 g/mol. The molecule has 0 spiro atoms. The molecule has 1 aromatic heterocycles. The minimum atomic E-state index is -4.71. The van der Waals surface area contributed by atoms with Crippen molar-refractivity contribution in [2.75, 3.05) is 29.9 Å². The summed E-state index contributed by atoms with van der Waals surface area (Å²) in [6, 6.07) is 6.26. The monoisotopic (exact) mass is 396 g/mol. The van der Waals surface area contributed by atoms with Crippen molar-refractivity contribution in [3.63, 3.8) is 0 Å². The van der Waals surface area contributed by atoms with Gasteiger partial charge in [0.1, 0.15) is 23.2 Å². The van der Waals surface area contributed by atoms with Crippen LogP contribution in [0.1, 0.15) is 36.7 Å². The zero-order valence-corrected chi connectivity index (χ0v) is 15.8. The van der Waals surface area contributed by atoms with Crippen molar-refractivity contribution < 1.29 is 23.0 Å². The van der Waals surface area contributed by atoms with Crippen LogP contribution < -0.4 is 15.0 Å². The van der Waals surface area contributed by atoms with E-state index in [4.69, 9.17) is 5.11 Å². The van der Waals surface area contributed by atoms with Crippen molar-refractivity contribution in [3.05, 3.63) is 41.2 Å². The number of rotatable bonds is 6. The van der Waals surface area contributed by atoms with Gasteiger partial charge in [0, 0.05) is 31.6 Å². The van der Waals surface area contributed by atoms with E-state index in [-0.39, 0.29) is 18.3 Å². The second-order valence-electron chi connectivity index (χ2n) is 6.92. The molecule has 2 N–H and O–H groups in total. The molecule has 2 aromatic rings. The first-order valence-electron chi connectivity index (χ1n) is 9.11. The van der Waals surface area contributed by atoms with Gasteiger partial charge in [0.15, 0.2) is 0 Å². The number of hydrogen-bond acceptors (Lipinski definition) is 6. The Morgan fingerprint density at radius 3 is 2.68 bits per heavy atom. The van der Waals surface area contributed by atoms with Crippen LogP contribution >= 0.6 is 0 Å². The Morgan fingerprint density at radius 1 is 1.21 bits per heavy atom. The molecule has 1 aliphatic heterocycles. The molecule has 0 fully saturated rings. The third-order valence-corrected chi connectivity index (χ3v) is 4.41. The molecular formula is C19H23F3N4O2. The van der Waals surface area contributed by atoms with Crippen molar-refractivity contribution in [1.29, 1.82) is 0 Å². The second-order valence-corrected chi connectivity index (χ2v) is 6.92. The van der Waals surface area contributed by atoms with Crippen LogP contribution in [0.2, 0.25) is 0 Å². The summed E-state index contributed by atoms with van der Waals surface area (Å²) in [7, 11) is 0. The summed E-state index contributed by atoms with van der Waals surface area (Å²) in [5.74, 6) is 1.87. The Morgan fingerprint density at radius 2 is 2.00 bits per heavy atom. The Hall–Kier alpha value is -2.55. The smallest absolute Gasteiger partial charge is 0.406 e. The highest BCUT2D eigenvalue weighted by atomic mass is 19.4. The average molecular weight is 396 g/mol. The fourth-order valence-electron chi connectivity index (χ4n) is 3.07. The van der Waals surface area contributed by atoms with Gasteiger partial charge in [0.25, 0.3) is 0 Å². The predicted molar refractivity (Wildman–Crippen MR) is 99.6 cm³/mol. The number of aliphatic hydroxyl groups excluding tert-OH is 1. The summed E-state index contributed by atoms with van der Waals surface area (Å²) in [5, 5.41) is 12.1. The minimum Gasteiger partial charge on any atom is -0.406 e. The van der Waals surface area contributed by atoms with Crippen LogP contribution in [0, 0.1) is 0 Å². The van der Waals surface area contributed by atoms with Gasteiger partial charge in [-0.2, -0.15) is 0 Å².